The number of fused-ring (bicyclic) bond motifs is 1. The van der Waals surface area contributed by atoms with Gasteiger partial charge in [0.2, 0.25) is 0 Å². The van der Waals surface area contributed by atoms with Gasteiger partial charge in [0.15, 0.2) is 5.82 Å². The Morgan fingerprint density at radius 2 is 2.00 bits per heavy atom. The van der Waals surface area contributed by atoms with Gasteiger partial charge in [-0.3, -0.25) is 14.3 Å². The molecule has 0 fully saturated rings. The van der Waals surface area contributed by atoms with Crippen LogP contribution in [0.3, 0.4) is 0 Å². The molecule has 1 amide bonds. The molecule has 0 bridgehead atoms. The summed E-state index contributed by atoms with van der Waals surface area (Å²) >= 11 is 0. The lowest BCUT2D eigenvalue weighted by molar-refractivity contribution is -0.122. The molecule has 2 aromatic heterocycles. The minimum atomic E-state index is -0.484. The van der Waals surface area contributed by atoms with E-state index < -0.39 is 11.7 Å². The molecule has 0 atom stereocenters. The summed E-state index contributed by atoms with van der Waals surface area (Å²) in [5.74, 6) is -0.879. The van der Waals surface area contributed by atoms with E-state index in [1.54, 1.807) is 19.3 Å². The predicted octanol–water partition coefficient (Wildman–Crippen LogP) is 1.46. The maximum absolute atomic E-state index is 13.9. The van der Waals surface area contributed by atoms with Crippen LogP contribution in [0.5, 0.6) is 0 Å². The SMILES string of the molecule is Cn1cc2cc(NC(=O)c3cncnc3)cc(F)c2n1.O=CO. The van der Waals surface area contributed by atoms with Crippen molar-refractivity contribution in [2.24, 2.45) is 7.05 Å². The van der Waals surface area contributed by atoms with Gasteiger partial charge in [0.05, 0.1) is 5.56 Å². The van der Waals surface area contributed by atoms with Crippen LogP contribution in [0, 0.1) is 5.82 Å². The Labute approximate surface area is 129 Å². The van der Waals surface area contributed by atoms with Crippen LogP contribution >= 0.6 is 0 Å². The molecule has 3 rings (SSSR count). The van der Waals surface area contributed by atoms with Crippen LogP contribution in [0.15, 0.2) is 37.1 Å². The highest BCUT2D eigenvalue weighted by atomic mass is 19.1. The van der Waals surface area contributed by atoms with Gasteiger partial charge in [-0.2, -0.15) is 5.10 Å². The first-order chi connectivity index (χ1) is 11.0. The first kappa shape index (κ1) is 16.0. The number of hydrogen-bond donors (Lipinski definition) is 2. The topological polar surface area (TPSA) is 110 Å². The van der Waals surface area contributed by atoms with Crippen LogP contribution in [0.25, 0.3) is 10.9 Å². The Morgan fingerprint density at radius 3 is 2.65 bits per heavy atom. The highest BCUT2D eigenvalue weighted by molar-refractivity contribution is 6.04. The third kappa shape index (κ3) is 3.84. The molecule has 0 aliphatic heterocycles. The molecule has 118 valence electrons. The second-order valence-corrected chi connectivity index (χ2v) is 4.39. The predicted molar refractivity (Wildman–Crippen MR) is 79.4 cm³/mol. The monoisotopic (exact) mass is 317 g/mol. The van der Waals surface area contributed by atoms with E-state index in [1.165, 1.54) is 29.5 Å². The molecule has 0 radical (unpaired) electrons. The fourth-order valence-electron chi connectivity index (χ4n) is 1.90. The first-order valence-corrected chi connectivity index (χ1v) is 6.32. The second kappa shape index (κ2) is 7.07. The molecule has 2 heterocycles. The fraction of sp³-hybridized carbons (Fsp3) is 0.0714. The normalized spacial score (nSPS) is 9.83. The van der Waals surface area contributed by atoms with E-state index in [1.807, 2.05) is 0 Å². The van der Waals surface area contributed by atoms with Crippen molar-refractivity contribution in [3.63, 3.8) is 0 Å². The summed E-state index contributed by atoms with van der Waals surface area (Å²) in [7, 11) is 1.71. The number of rotatable bonds is 2. The molecular formula is C14H12FN5O3. The van der Waals surface area contributed by atoms with E-state index in [0.717, 1.165) is 0 Å². The molecule has 9 heteroatoms. The lowest BCUT2D eigenvalue weighted by Gasteiger charge is -2.05. The number of aromatic nitrogens is 4. The Kier molecular flexibility index (Phi) is 4.92. The number of aryl methyl sites for hydroxylation is 1. The zero-order valence-corrected chi connectivity index (χ0v) is 12.0. The van der Waals surface area contributed by atoms with Crippen LogP contribution in [0.2, 0.25) is 0 Å². The zero-order valence-electron chi connectivity index (χ0n) is 12.0. The van der Waals surface area contributed by atoms with Gasteiger partial charge in [-0.25, -0.2) is 14.4 Å². The van der Waals surface area contributed by atoms with E-state index in [9.17, 15) is 9.18 Å². The molecule has 1 aromatic carbocycles. The maximum Gasteiger partial charge on any atom is 0.290 e. The van der Waals surface area contributed by atoms with Crippen molar-refractivity contribution >= 4 is 29.0 Å². The molecule has 0 aliphatic carbocycles. The number of anilines is 1. The summed E-state index contributed by atoms with van der Waals surface area (Å²) < 4.78 is 15.4. The number of amides is 1. The number of carbonyl (C=O) groups is 2. The van der Waals surface area contributed by atoms with E-state index in [4.69, 9.17) is 9.90 Å². The molecule has 0 spiro atoms. The summed E-state index contributed by atoms with van der Waals surface area (Å²) in [6.07, 6.45) is 5.79. The Balaban J connectivity index is 0.000000595. The molecule has 23 heavy (non-hydrogen) atoms. The van der Waals surface area contributed by atoms with Crippen molar-refractivity contribution in [1.29, 1.82) is 0 Å². The summed E-state index contributed by atoms with van der Waals surface area (Å²) in [4.78, 5) is 27.8. The van der Waals surface area contributed by atoms with Gasteiger partial charge in [-0.1, -0.05) is 0 Å². The van der Waals surface area contributed by atoms with Gasteiger partial charge in [-0.05, 0) is 12.1 Å². The van der Waals surface area contributed by atoms with Gasteiger partial charge in [0.1, 0.15) is 11.8 Å². The number of halogens is 1. The van der Waals surface area contributed by atoms with Crippen molar-refractivity contribution in [2.75, 3.05) is 5.32 Å². The van der Waals surface area contributed by atoms with Gasteiger partial charge in [0.25, 0.3) is 12.4 Å². The number of carbonyl (C=O) groups excluding carboxylic acids is 1. The van der Waals surface area contributed by atoms with E-state index >= 15 is 0 Å². The van der Waals surface area contributed by atoms with Gasteiger partial charge >= 0.3 is 0 Å². The van der Waals surface area contributed by atoms with E-state index in [2.05, 4.69) is 20.4 Å². The lowest BCUT2D eigenvalue weighted by atomic mass is 10.2. The average Bonchev–Trinajstić information content (AvgIpc) is 2.90. The largest absolute Gasteiger partial charge is 0.483 e. The van der Waals surface area contributed by atoms with Crippen molar-refractivity contribution in [2.45, 2.75) is 0 Å². The molecule has 0 saturated carbocycles. The van der Waals surface area contributed by atoms with Crippen molar-refractivity contribution in [1.82, 2.24) is 19.7 Å². The smallest absolute Gasteiger partial charge is 0.290 e. The average molecular weight is 317 g/mol. The molecule has 0 saturated heterocycles. The number of nitrogens with zero attached hydrogens (tertiary/aromatic N) is 4. The van der Waals surface area contributed by atoms with E-state index in [-0.39, 0.29) is 12.0 Å². The third-order valence-corrected chi connectivity index (χ3v) is 2.76. The maximum atomic E-state index is 13.9. The number of benzene rings is 1. The molecule has 8 nitrogen and oxygen atoms in total. The van der Waals surface area contributed by atoms with Crippen molar-refractivity contribution < 1.29 is 19.1 Å². The van der Waals surface area contributed by atoms with E-state index in [0.29, 0.717) is 16.6 Å². The number of hydrogen-bond acceptors (Lipinski definition) is 5. The standard InChI is InChI=1S/C13H10FN5O.CH2O2/c1-19-6-8-2-10(3-11(14)12(8)18-19)17-13(20)9-4-15-7-16-5-9;2-1-3/h2-7H,1H3,(H,17,20);1H,(H,2,3). The summed E-state index contributed by atoms with van der Waals surface area (Å²) in [6.45, 7) is -0.250. The first-order valence-electron chi connectivity index (χ1n) is 6.32. The van der Waals surface area contributed by atoms with Crippen LogP contribution in [0.1, 0.15) is 10.4 Å². The lowest BCUT2D eigenvalue weighted by Crippen LogP contribution is -2.12. The Bertz CT molecular complexity index is 835. The molecule has 0 aliphatic rings. The van der Waals surface area contributed by atoms with Crippen molar-refractivity contribution in [3.8, 4) is 0 Å². The highest BCUT2D eigenvalue weighted by Crippen LogP contribution is 2.21. The fourth-order valence-corrected chi connectivity index (χ4v) is 1.90. The van der Waals surface area contributed by atoms with Crippen LogP contribution in [0.4, 0.5) is 10.1 Å². The molecular weight excluding hydrogens is 305 g/mol. The number of nitrogens with one attached hydrogen (secondary N) is 1. The molecule has 0 unspecified atom stereocenters. The second-order valence-electron chi connectivity index (χ2n) is 4.39. The van der Waals surface area contributed by atoms with Crippen LogP contribution in [-0.2, 0) is 11.8 Å². The summed E-state index contributed by atoms with van der Waals surface area (Å²) in [5, 5.41) is 14.1. The number of carboxylic acid groups (broad SMARTS) is 1. The summed E-state index contributed by atoms with van der Waals surface area (Å²) in [5.41, 5.74) is 0.935. The quantitative estimate of drug-likeness (QED) is 0.692. The van der Waals surface area contributed by atoms with Gasteiger partial charge in [-0.15, -0.1) is 0 Å². The van der Waals surface area contributed by atoms with Gasteiger partial charge < -0.3 is 10.4 Å². The summed E-state index contributed by atoms with van der Waals surface area (Å²) in [6, 6.07) is 2.89. The van der Waals surface area contributed by atoms with Crippen molar-refractivity contribution in [3.05, 3.63) is 48.4 Å². The molecule has 2 N–H and O–H groups in total. The van der Waals surface area contributed by atoms with Crippen LogP contribution in [-0.4, -0.2) is 37.2 Å². The van der Waals surface area contributed by atoms with Crippen LogP contribution < -0.4 is 5.32 Å². The minimum absolute atomic E-state index is 0.250. The van der Waals surface area contributed by atoms with Gasteiger partial charge in [0, 0.05) is 36.7 Å². The minimum Gasteiger partial charge on any atom is -0.483 e. The Morgan fingerprint density at radius 1 is 1.35 bits per heavy atom. The molecule has 3 aromatic rings. The zero-order chi connectivity index (χ0) is 16.8. The highest BCUT2D eigenvalue weighted by Gasteiger charge is 2.11. The third-order valence-electron chi connectivity index (χ3n) is 2.76. The Hall–Kier alpha value is -3.36.